The highest BCUT2D eigenvalue weighted by Gasteiger charge is 2.32. The van der Waals surface area contributed by atoms with Gasteiger partial charge in [0, 0.05) is 49.1 Å². The second-order valence-electron chi connectivity index (χ2n) is 11.3. The first-order valence-corrected chi connectivity index (χ1v) is 16.1. The molecule has 0 aliphatic carbocycles. The summed E-state index contributed by atoms with van der Waals surface area (Å²) in [7, 11) is 0. The van der Waals surface area contributed by atoms with Crippen molar-refractivity contribution in [3.05, 3.63) is 77.3 Å². The molecule has 1 aromatic heterocycles. The number of aromatic nitrogens is 1. The molecule has 3 unspecified atom stereocenters. The third-order valence-corrected chi connectivity index (χ3v) is 9.34. The van der Waals surface area contributed by atoms with Crippen molar-refractivity contribution in [2.24, 2.45) is 0 Å². The van der Waals surface area contributed by atoms with Crippen LogP contribution in [0.5, 0.6) is 0 Å². The molecule has 2 aromatic carbocycles. The second kappa shape index (κ2) is 14.7. The molecule has 2 fully saturated rings. The van der Waals surface area contributed by atoms with Gasteiger partial charge in [-0.1, -0.05) is 74.0 Å². The third-order valence-electron chi connectivity index (χ3n) is 8.45. The number of nitrogens with zero attached hydrogens (tertiary/aromatic N) is 3. The number of thiazole rings is 1. The van der Waals surface area contributed by atoms with Gasteiger partial charge in [-0.2, -0.15) is 0 Å². The van der Waals surface area contributed by atoms with Crippen LogP contribution in [0.15, 0.2) is 66.0 Å². The lowest BCUT2D eigenvalue weighted by Crippen LogP contribution is -2.50. The smallest absolute Gasteiger partial charge is 0.270 e. The normalized spacial score (nSPS) is 20.9. The lowest BCUT2D eigenvalue weighted by molar-refractivity contribution is -0.133. The fourth-order valence-corrected chi connectivity index (χ4v) is 6.79. The van der Waals surface area contributed by atoms with Crippen molar-refractivity contribution in [3.8, 4) is 10.6 Å². The Bertz CT molecular complexity index is 1240. The molecule has 218 valence electrons. The molecule has 2 amide bonds. The SMILES string of the molecule is CCC(CN1CCC(CNC(=O)c2csc(-c3ccccc3)n2)NC(CCN2CCCCC2)C1=O)c1ccccc1. The summed E-state index contributed by atoms with van der Waals surface area (Å²) < 4.78 is 0. The molecule has 2 saturated heterocycles. The molecule has 2 aliphatic heterocycles. The van der Waals surface area contributed by atoms with Crippen LogP contribution in [0.4, 0.5) is 0 Å². The molecule has 41 heavy (non-hydrogen) atoms. The van der Waals surface area contributed by atoms with Gasteiger partial charge in [0.2, 0.25) is 5.91 Å². The van der Waals surface area contributed by atoms with Crippen LogP contribution in [0.2, 0.25) is 0 Å². The maximum atomic E-state index is 13.9. The number of carbonyl (C=O) groups is 2. The molecule has 3 heterocycles. The monoisotopic (exact) mass is 573 g/mol. The van der Waals surface area contributed by atoms with Crippen molar-refractivity contribution in [3.63, 3.8) is 0 Å². The summed E-state index contributed by atoms with van der Waals surface area (Å²) in [5.41, 5.74) is 2.74. The summed E-state index contributed by atoms with van der Waals surface area (Å²) in [6, 6.07) is 20.2. The van der Waals surface area contributed by atoms with Crippen LogP contribution in [0.1, 0.15) is 67.4 Å². The summed E-state index contributed by atoms with van der Waals surface area (Å²) in [6.07, 6.45) is 6.35. The molecule has 8 heteroatoms. The number of likely N-dealkylation sites (tertiary alicyclic amines) is 1. The maximum Gasteiger partial charge on any atom is 0.270 e. The van der Waals surface area contributed by atoms with Crippen LogP contribution >= 0.6 is 11.3 Å². The average Bonchev–Trinajstić information content (AvgIpc) is 3.48. The molecule has 5 rings (SSSR count). The van der Waals surface area contributed by atoms with Gasteiger partial charge in [-0.3, -0.25) is 9.59 Å². The first-order valence-electron chi connectivity index (χ1n) is 15.2. The summed E-state index contributed by atoms with van der Waals surface area (Å²) in [4.78, 5) is 36.1. The molecule has 3 atom stereocenters. The van der Waals surface area contributed by atoms with E-state index in [1.54, 1.807) is 0 Å². The molecule has 0 spiro atoms. The van der Waals surface area contributed by atoms with Crippen molar-refractivity contribution in [2.45, 2.75) is 63.5 Å². The topological polar surface area (TPSA) is 77.6 Å². The zero-order valence-electron chi connectivity index (χ0n) is 24.1. The highest BCUT2D eigenvalue weighted by Crippen LogP contribution is 2.24. The van der Waals surface area contributed by atoms with E-state index in [1.807, 2.05) is 41.8 Å². The summed E-state index contributed by atoms with van der Waals surface area (Å²) in [6.45, 7) is 7.24. The number of carbonyl (C=O) groups excluding carboxylic acids is 2. The van der Waals surface area contributed by atoms with Crippen LogP contribution in [0.3, 0.4) is 0 Å². The molecule has 2 aliphatic rings. The molecule has 3 aromatic rings. The molecule has 0 radical (unpaired) electrons. The molecule has 2 N–H and O–H groups in total. The van der Waals surface area contributed by atoms with E-state index in [9.17, 15) is 9.59 Å². The van der Waals surface area contributed by atoms with Crippen LogP contribution in [-0.4, -0.2) is 78.0 Å². The van der Waals surface area contributed by atoms with Gasteiger partial charge >= 0.3 is 0 Å². The number of amides is 2. The average molecular weight is 574 g/mol. The summed E-state index contributed by atoms with van der Waals surface area (Å²) in [5.74, 6) is 0.331. The van der Waals surface area contributed by atoms with Gasteiger partial charge < -0.3 is 20.4 Å². The fraction of sp³-hybridized carbons (Fsp3) is 0.485. The lowest BCUT2D eigenvalue weighted by Gasteiger charge is -2.31. The third kappa shape index (κ3) is 8.03. The first-order chi connectivity index (χ1) is 20.1. The van der Waals surface area contributed by atoms with Gasteiger partial charge in [0.25, 0.3) is 5.91 Å². The lowest BCUT2D eigenvalue weighted by atomic mass is 9.95. The predicted molar refractivity (Wildman–Crippen MR) is 166 cm³/mol. The number of hydrogen-bond donors (Lipinski definition) is 2. The predicted octanol–water partition coefficient (Wildman–Crippen LogP) is 5.17. The Morgan fingerprint density at radius 1 is 1.05 bits per heavy atom. The number of piperidine rings is 1. The van der Waals surface area contributed by atoms with Gasteiger partial charge in [0.1, 0.15) is 10.7 Å². The van der Waals surface area contributed by atoms with E-state index < -0.39 is 0 Å². The van der Waals surface area contributed by atoms with Gasteiger partial charge in [-0.05, 0) is 50.8 Å². The Morgan fingerprint density at radius 3 is 2.51 bits per heavy atom. The second-order valence-corrected chi connectivity index (χ2v) is 12.2. The largest absolute Gasteiger partial charge is 0.349 e. The molecule has 0 saturated carbocycles. The van der Waals surface area contributed by atoms with Crippen molar-refractivity contribution >= 4 is 23.2 Å². The van der Waals surface area contributed by atoms with Gasteiger partial charge in [-0.15, -0.1) is 11.3 Å². The zero-order valence-corrected chi connectivity index (χ0v) is 25.0. The summed E-state index contributed by atoms with van der Waals surface area (Å²) >= 11 is 1.48. The van der Waals surface area contributed by atoms with Crippen LogP contribution in [0, 0.1) is 0 Å². The van der Waals surface area contributed by atoms with Crippen molar-refractivity contribution < 1.29 is 9.59 Å². The van der Waals surface area contributed by atoms with Gasteiger partial charge in [-0.25, -0.2) is 4.98 Å². The number of hydrogen-bond acceptors (Lipinski definition) is 6. The minimum absolute atomic E-state index is 0.0169. The van der Waals surface area contributed by atoms with Crippen LogP contribution in [-0.2, 0) is 4.79 Å². The Kier molecular flexibility index (Phi) is 10.6. The number of benzene rings is 2. The Hall–Kier alpha value is -3.07. The van der Waals surface area contributed by atoms with E-state index >= 15 is 0 Å². The molecular formula is C33H43N5O2S. The Morgan fingerprint density at radius 2 is 1.78 bits per heavy atom. The van der Waals surface area contributed by atoms with E-state index in [2.05, 4.69) is 56.6 Å². The van der Waals surface area contributed by atoms with Gasteiger partial charge in [0.05, 0.1) is 6.04 Å². The van der Waals surface area contributed by atoms with Crippen molar-refractivity contribution in [2.75, 3.05) is 39.3 Å². The zero-order chi connectivity index (χ0) is 28.4. The fourth-order valence-electron chi connectivity index (χ4n) is 5.98. The van der Waals surface area contributed by atoms with Gasteiger partial charge in [0.15, 0.2) is 0 Å². The van der Waals surface area contributed by atoms with Crippen LogP contribution in [0.25, 0.3) is 10.6 Å². The van der Waals surface area contributed by atoms with Crippen LogP contribution < -0.4 is 10.6 Å². The quantitative estimate of drug-likeness (QED) is 0.331. The molecule has 0 bridgehead atoms. The Labute approximate surface area is 248 Å². The minimum Gasteiger partial charge on any atom is -0.349 e. The minimum atomic E-state index is -0.251. The number of nitrogens with one attached hydrogen (secondary N) is 2. The number of rotatable bonds is 11. The first kappa shape index (κ1) is 29.4. The van der Waals surface area contributed by atoms with Crippen molar-refractivity contribution in [1.82, 2.24) is 25.4 Å². The molecule has 7 nitrogen and oxygen atoms in total. The standard InChI is InChI=1S/C33H43N5O2S/c1-2-25(26-12-6-3-7-13-26)23-38-21-16-28(35-29(33(38)40)17-20-37-18-10-5-11-19-37)22-34-31(39)30-24-41-32(36-30)27-14-8-4-9-15-27/h3-4,6-9,12-15,24-25,28-29,35H,2,5,10-11,16-23H2,1H3,(H,34,39). The maximum absolute atomic E-state index is 13.9. The highest BCUT2D eigenvalue weighted by atomic mass is 32.1. The summed E-state index contributed by atoms with van der Waals surface area (Å²) in [5, 5.41) is 9.41. The van der Waals surface area contributed by atoms with Crippen molar-refractivity contribution in [1.29, 1.82) is 0 Å². The van der Waals surface area contributed by atoms with E-state index in [0.717, 1.165) is 56.0 Å². The highest BCUT2D eigenvalue weighted by molar-refractivity contribution is 7.13. The Balaban J connectivity index is 1.23. The molecular weight excluding hydrogens is 530 g/mol. The van der Waals surface area contributed by atoms with E-state index in [1.165, 1.54) is 36.2 Å². The van der Waals surface area contributed by atoms with E-state index in [4.69, 9.17) is 0 Å². The van der Waals surface area contributed by atoms with E-state index in [0.29, 0.717) is 24.7 Å². The van der Waals surface area contributed by atoms with E-state index in [-0.39, 0.29) is 23.9 Å².